The molecule has 0 atom stereocenters. The molecule has 0 radical (unpaired) electrons. The lowest BCUT2D eigenvalue weighted by atomic mass is 10.2. The highest BCUT2D eigenvalue weighted by molar-refractivity contribution is 7.90. The van der Waals surface area contributed by atoms with Crippen molar-refractivity contribution >= 4 is 9.84 Å². The van der Waals surface area contributed by atoms with Crippen molar-refractivity contribution in [3.05, 3.63) is 0 Å². The molecule has 0 aromatic heterocycles. The lowest BCUT2D eigenvalue weighted by molar-refractivity contribution is 0.374. The number of hydrogen-bond acceptors (Lipinski definition) is 4. The number of hydrogen-bond donors (Lipinski definition) is 2. The van der Waals surface area contributed by atoms with Crippen LogP contribution in [0.2, 0.25) is 0 Å². The molecule has 0 unspecified atom stereocenters. The summed E-state index contributed by atoms with van der Waals surface area (Å²) in [6, 6.07) is 0.483. The van der Waals surface area contributed by atoms with Gasteiger partial charge in [0.2, 0.25) is 0 Å². The molecule has 5 heteroatoms. The lowest BCUT2D eigenvalue weighted by Crippen LogP contribution is -2.56. The molecule has 4 nitrogen and oxygen atoms in total. The van der Waals surface area contributed by atoms with Gasteiger partial charge in [0.1, 0.15) is 9.84 Å². The minimum Gasteiger partial charge on any atom is -0.314 e. The topological polar surface area (TPSA) is 58.2 Å². The van der Waals surface area contributed by atoms with Crippen LogP contribution in [-0.2, 0) is 9.84 Å². The summed E-state index contributed by atoms with van der Waals surface area (Å²) in [7, 11) is -2.79. The van der Waals surface area contributed by atoms with Crippen molar-refractivity contribution in [1.82, 2.24) is 10.6 Å². The molecule has 0 saturated carbocycles. The zero-order valence-corrected chi connectivity index (χ0v) is 7.45. The molecule has 1 aliphatic rings. The second kappa shape index (κ2) is 3.51. The average Bonchev–Trinajstić information content (AvgIpc) is 1.73. The fraction of sp³-hybridized carbons (Fsp3) is 1.00. The van der Waals surface area contributed by atoms with E-state index >= 15 is 0 Å². The molecule has 66 valence electrons. The first kappa shape index (κ1) is 8.96. The van der Waals surface area contributed by atoms with Crippen LogP contribution in [0, 0.1) is 0 Å². The van der Waals surface area contributed by atoms with Crippen molar-refractivity contribution in [3.63, 3.8) is 0 Å². The normalized spacial score (nSPS) is 19.7. The smallest absolute Gasteiger partial charge is 0.148 e. The lowest BCUT2D eigenvalue weighted by Gasteiger charge is -2.27. The van der Waals surface area contributed by atoms with Crippen LogP contribution >= 0.6 is 0 Å². The van der Waals surface area contributed by atoms with Gasteiger partial charge in [-0.15, -0.1) is 0 Å². The molecule has 1 rings (SSSR count). The molecule has 1 heterocycles. The Morgan fingerprint density at radius 3 is 2.55 bits per heavy atom. The van der Waals surface area contributed by atoms with E-state index < -0.39 is 9.84 Å². The highest BCUT2D eigenvalue weighted by Crippen LogP contribution is 1.89. The monoisotopic (exact) mass is 178 g/mol. The third kappa shape index (κ3) is 3.69. The van der Waals surface area contributed by atoms with Crippen molar-refractivity contribution in [2.45, 2.75) is 6.04 Å². The second-order valence-electron chi connectivity index (χ2n) is 2.94. The summed E-state index contributed by atoms with van der Waals surface area (Å²) in [5.74, 6) is 0.240. The fourth-order valence-corrected chi connectivity index (χ4v) is 1.37. The molecule has 1 aliphatic heterocycles. The van der Waals surface area contributed by atoms with Gasteiger partial charge in [0.05, 0.1) is 5.75 Å². The number of sulfone groups is 1. The summed E-state index contributed by atoms with van der Waals surface area (Å²) in [4.78, 5) is 0. The maximum atomic E-state index is 10.7. The first-order valence-electron chi connectivity index (χ1n) is 3.70. The Morgan fingerprint density at radius 1 is 1.55 bits per heavy atom. The molecule has 0 aromatic carbocycles. The first-order chi connectivity index (χ1) is 5.08. The maximum absolute atomic E-state index is 10.7. The average molecular weight is 178 g/mol. The van der Waals surface area contributed by atoms with Crippen LogP contribution < -0.4 is 10.6 Å². The Kier molecular flexibility index (Phi) is 2.86. The number of nitrogens with one attached hydrogen (secondary N) is 2. The third-order valence-corrected chi connectivity index (χ3v) is 2.63. The Balaban J connectivity index is 2.04. The zero-order chi connectivity index (χ0) is 8.32. The zero-order valence-electron chi connectivity index (χ0n) is 6.63. The van der Waals surface area contributed by atoms with Gasteiger partial charge in [-0.05, 0) is 0 Å². The van der Waals surface area contributed by atoms with Gasteiger partial charge in [0, 0.05) is 31.9 Å². The van der Waals surface area contributed by atoms with Crippen molar-refractivity contribution in [2.24, 2.45) is 0 Å². The fourth-order valence-electron chi connectivity index (χ4n) is 0.881. The summed E-state index contributed by atoms with van der Waals surface area (Å²) in [6.07, 6.45) is 1.26. The van der Waals surface area contributed by atoms with Crippen LogP contribution in [0.4, 0.5) is 0 Å². The molecule has 0 bridgehead atoms. The van der Waals surface area contributed by atoms with Crippen LogP contribution in [0.25, 0.3) is 0 Å². The third-order valence-electron chi connectivity index (χ3n) is 1.69. The molecular formula is C6H14N2O2S. The van der Waals surface area contributed by atoms with Crippen LogP contribution in [-0.4, -0.2) is 46.1 Å². The van der Waals surface area contributed by atoms with E-state index in [9.17, 15) is 8.42 Å². The molecule has 0 spiro atoms. The van der Waals surface area contributed by atoms with E-state index in [0.29, 0.717) is 12.6 Å². The van der Waals surface area contributed by atoms with E-state index in [1.807, 2.05) is 0 Å². The predicted octanol–water partition coefficient (Wildman–Crippen LogP) is -1.41. The van der Waals surface area contributed by atoms with Gasteiger partial charge in [-0.1, -0.05) is 0 Å². The van der Waals surface area contributed by atoms with Gasteiger partial charge in [-0.2, -0.15) is 0 Å². The highest BCUT2D eigenvalue weighted by Gasteiger charge is 2.15. The van der Waals surface area contributed by atoms with Crippen LogP contribution in [0.3, 0.4) is 0 Å². The van der Waals surface area contributed by atoms with Crippen molar-refractivity contribution in [2.75, 3.05) is 31.6 Å². The standard InChI is InChI=1S/C6H14N2O2S/c1-11(9,10)3-2-8-6-4-7-5-6/h6-8H,2-5H2,1H3. The molecule has 1 saturated heterocycles. The summed E-state index contributed by atoms with van der Waals surface area (Å²) in [5.41, 5.74) is 0. The SMILES string of the molecule is CS(=O)(=O)CCNC1CNC1. The van der Waals surface area contributed by atoms with E-state index in [1.165, 1.54) is 6.26 Å². The molecular weight excluding hydrogens is 164 g/mol. The van der Waals surface area contributed by atoms with Gasteiger partial charge in [0.15, 0.2) is 0 Å². The summed E-state index contributed by atoms with van der Waals surface area (Å²) in [5, 5.41) is 6.23. The van der Waals surface area contributed by atoms with E-state index in [2.05, 4.69) is 10.6 Å². The van der Waals surface area contributed by atoms with Gasteiger partial charge in [0.25, 0.3) is 0 Å². The van der Waals surface area contributed by atoms with Crippen molar-refractivity contribution < 1.29 is 8.42 Å². The summed E-state index contributed by atoms with van der Waals surface area (Å²) < 4.78 is 21.3. The minimum absolute atomic E-state index is 0.240. The quantitative estimate of drug-likeness (QED) is 0.555. The second-order valence-corrected chi connectivity index (χ2v) is 5.20. The summed E-state index contributed by atoms with van der Waals surface area (Å²) >= 11 is 0. The first-order valence-corrected chi connectivity index (χ1v) is 5.76. The van der Waals surface area contributed by atoms with Gasteiger partial charge in [-0.25, -0.2) is 8.42 Å². The molecule has 0 amide bonds. The van der Waals surface area contributed by atoms with E-state index in [-0.39, 0.29) is 5.75 Å². The number of rotatable bonds is 4. The Labute approximate surface area is 67.3 Å². The Morgan fingerprint density at radius 2 is 2.18 bits per heavy atom. The molecule has 1 fully saturated rings. The maximum Gasteiger partial charge on any atom is 0.148 e. The van der Waals surface area contributed by atoms with E-state index in [1.54, 1.807) is 0 Å². The van der Waals surface area contributed by atoms with Crippen LogP contribution in [0.1, 0.15) is 0 Å². The Bertz CT molecular complexity index is 209. The molecule has 2 N–H and O–H groups in total. The van der Waals surface area contributed by atoms with Gasteiger partial charge in [-0.3, -0.25) is 0 Å². The summed E-state index contributed by atoms with van der Waals surface area (Å²) in [6.45, 7) is 2.50. The van der Waals surface area contributed by atoms with Crippen LogP contribution in [0.5, 0.6) is 0 Å². The minimum atomic E-state index is -2.79. The molecule has 11 heavy (non-hydrogen) atoms. The van der Waals surface area contributed by atoms with Gasteiger partial charge >= 0.3 is 0 Å². The van der Waals surface area contributed by atoms with Crippen LogP contribution in [0.15, 0.2) is 0 Å². The predicted molar refractivity (Wildman–Crippen MR) is 44.4 cm³/mol. The Hall–Kier alpha value is -0.130. The largest absolute Gasteiger partial charge is 0.314 e. The van der Waals surface area contributed by atoms with Crippen molar-refractivity contribution in [3.8, 4) is 0 Å². The van der Waals surface area contributed by atoms with E-state index in [4.69, 9.17) is 0 Å². The highest BCUT2D eigenvalue weighted by atomic mass is 32.2. The van der Waals surface area contributed by atoms with Gasteiger partial charge < -0.3 is 10.6 Å². The van der Waals surface area contributed by atoms with Crippen molar-refractivity contribution in [1.29, 1.82) is 0 Å². The molecule has 0 aromatic rings. The van der Waals surface area contributed by atoms with E-state index in [0.717, 1.165) is 13.1 Å². The molecule has 0 aliphatic carbocycles.